The molecule has 0 spiro atoms. The van der Waals surface area contributed by atoms with Gasteiger partial charge in [0.1, 0.15) is 6.54 Å². The Bertz CT molecular complexity index is 371. The Kier molecular flexibility index (Phi) is 3.19. The van der Waals surface area contributed by atoms with Gasteiger partial charge in [-0.15, -0.1) is 5.10 Å². The summed E-state index contributed by atoms with van der Waals surface area (Å²) in [7, 11) is 3.70. The van der Waals surface area contributed by atoms with Crippen LogP contribution in [-0.4, -0.2) is 45.9 Å². The highest BCUT2D eigenvalue weighted by Gasteiger charge is 2.29. The molecule has 88 valence electrons. The van der Waals surface area contributed by atoms with E-state index in [-0.39, 0.29) is 12.5 Å². The maximum Gasteiger partial charge on any atom is 0.244 e. The molecular weight excluding hydrogens is 206 g/mol. The first-order valence-electron chi connectivity index (χ1n) is 5.50. The van der Waals surface area contributed by atoms with Crippen molar-refractivity contribution in [3.8, 4) is 0 Å². The van der Waals surface area contributed by atoms with Gasteiger partial charge in [0, 0.05) is 19.6 Å². The standard InChI is InChI=1S/C10H17N5O/c1-11-5-8-6-15(13-12-8)7-10(16)14(2)9-3-4-9/h6,9,11H,3-5,7H2,1-2H3. The first kappa shape index (κ1) is 11.1. The fourth-order valence-electron chi connectivity index (χ4n) is 1.59. The minimum absolute atomic E-state index is 0.100. The predicted octanol–water partition coefficient (Wildman–Crippen LogP) is -0.382. The predicted molar refractivity (Wildman–Crippen MR) is 58.6 cm³/mol. The van der Waals surface area contributed by atoms with Gasteiger partial charge >= 0.3 is 0 Å². The van der Waals surface area contributed by atoms with Crippen molar-refractivity contribution in [3.05, 3.63) is 11.9 Å². The molecule has 1 saturated carbocycles. The Balaban J connectivity index is 1.89. The second-order valence-corrected chi connectivity index (χ2v) is 4.17. The molecule has 1 aromatic rings. The van der Waals surface area contributed by atoms with Crippen molar-refractivity contribution in [3.63, 3.8) is 0 Å². The second kappa shape index (κ2) is 4.61. The maximum absolute atomic E-state index is 11.8. The number of rotatable bonds is 5. The summed E-state index contributed by atoms with van der Waals surface area (Å²) in [5.74, 6) is 0.100. The fraction of sp³-hybridized carbons (Fsp3) is 0.700. The summed E-state index contributed by atoms with van der Waals surface area (Å²) in [6.45, 7) is 0.955. The summed E-state index contributed by atoms with van der Waals surface area (Å²) in [4.78, 5) is 13.6. The zero-order valence-electron chi connectivity index (χ0n) is 9.68. The van der Waals surface area contributed by atoms with Crippen LogP contribution in [0.15, 0.2) is 6.20 Å². The van der Waals surface area contributed by atoms with Crippen LogP contribution >= 0.6 is 0 Å². The molecule has 6 nitrogen and oxygen atoms in total. The molecule has 1 aromatic heterocycles. The smallest absolute Gasteiger partial charge is 0.244 e. The molecule has 0 bridgehead atoms. The van der Waals surface area contributed by atoms with Crippen molar-refractivity contribution in [2.24, 2.45) is 0 Å². The molecule has 16 heavy (non-hydrogen) atoms. The van der Waals surface area contributed by atoms with E-state index in [0.29, 0.717) is 12.6 Å². The van der Waals surface area contributed by atoms with Gasteiger partial charge in [-0.2, -0.15) is 0 Å². The van der Waals surface area contributed by atoms with Crippen LogP contribution in [0.3, 0.4) is 0 Å². The topological polar surface area (TPSA) is 63.1 Å². The third-order valence-corrected chi connectivity index (χ3v) is 2.73. The zero-order valence-corrected chi connectivity index (χ0v) is 9.68. The number of likely N-dealkylation sites (N-methyl/N-ethyl adjacent to an activating group) is 1. The van der Waals surface area contributed by atoms with Gasteiger partial charge < -0.3 is 10.2 Å². The first-order valence-corrected chi connectivity index (χ1v) is 5.50. The lowest BCUT2D eigenvalue weighted by Gasteiger charge is -2.15. The summed E-state index contributed by atoms with van der Waals surface area (Å²) in [6, 6.07) is 0.452. The molecule has 1 amide bonds. The quantitative estimate of drug-likeness (QED) is 0.739. The number of hydrogen-bond acceptors (Lipinski definition) is 4. The summed E-state index contributed by atoms with van der Waals surface area (Å²) in [5, 5.41) is 10.9. The van der Waals surface area contributed by atoms with E-state index in [9.17, 15) is 4.79 Å². The van der Waals surface area contributed by atoms with Crippen molar-refractivity contribution in [1.82, 2.24) is 25.2 Å². The van der Waals surface area contributed by atoms with Crippen molar-refractivity contribution in [2.45, 2.75) is 32.0 Å². The molecule has 1 N–H and O–H groups in total. The average molecular weight is 223 g/mol. The summed E-state index contributed by atoms with van der Waals surface area (Å²) in [6.07, 6.45) is 4.06. The summed E-state index contributed by atoms with van der Waals surface area (Å²) < 4.78 is 1.59. The van der Waals surface area contributed by atoms with Crippen LogP contribution in [0.4, 0.5) is 0 Å². The van der Waals surface area contributed by atoms with Gasteiger partial charge in [0.2, 0.25) is 5.91 Å². The number of amides is 1. The monoisotopic (exact) mass is 223 g/mol. The van der Waals surface area contributed by atoms with Crippen LogP contribution in [0.5, 0.6) is 0 Å². The molecule has 0 atom stereocenters. The molecule has 1 aliphatic rings. The number of carbonyl (C=O) groups excluding carboxylic acids is 1. The van der Waals surface area contributed by atoms with Crippen LogP contribution in [0.25, 0.3) is 0 Å². The van der Waals surface area contributed by atoms with Gasteiger partial charge in [0.15, 0.2) is 0 Å². The minimum Gasteiger partial charge on any atom is -0.341 e. The molecular formula is C10H17N5O. The van der Waals surface area contributed by atoms with E-state index < -0.39 is 0 Å². The van der Waals surface area contributed by atoms with Crippen molar-refractivity contribution >= 4 is 5.91 Å². The largest absolute Gasteiger partial charge is 0.341 e. The van der Waals surface area contributed by atoms with Gasteiger partial charge in [-0.1, -0.05) is 5.21 Å². The molecule has 6 heteroatoms. The minimum atomic E-state index is 0.100. The van der Waals surface area contributed by atoms with Gasteiger partial charge in [-0.05, 0) is 19.9 Å². The molecule has 1 fully saturated rings. The fourth-order valence-corrected chi connectivity index (χ4v) is 1.59. The van der Waals surface area contributed by atoms with Crippen molar-refractivity contribution in [1.29, 1.82) is 0 Å². The van der Waals surface area contributed by atoms with Gasteiger partial charge in [-0.3, -0.25) is 4.79 Å². The zero-order chi connectivity index (χ0) is 11.5. The van der Waals surface area contributed by atoms with Crippen LogP contribution in [0.1, 0.15) is 18.5 Å². The molecule has 0 aromatic carbocycles. The number of carbonyl (C=O) groups is 1. The highest BCUT2D eigenvalue weighted by molar-refractivity contribution is 5.76. The van der Waals surface area contributed by atoms with Crippen LogP contribution in [0, 0.1) is 0 Å². The van der Waals surface area contributed by atoms with E-state index in [1.807, 2.05) is 14.1 Å². The normalized spacial score (nSPS) is 15.1. The number of nitrogens with one attached hydrogen (secondary N) is 1. The van der Waals surface area contributed by atoms with E-state index in [1.165, 1.54) is 0 Å². The Morgan fingerprint density at radius 3 is 3.06 bits per heavy atom. The van der Waals surface area contributed by atoms with Gasteiger partial charge in [0.25, 0.3) is 0 Å². The summed E-state index contributed by atoms with van der Waals surface area (Å²) >= 11 is 0. The van der Waals surface area contributed by atoms with Crippen LogP contribution in [0.2, 0.25) is 0 Å². The highest BCUT2D eigenvalue weighted by atomic mass is 16.2. The molecule has 0 unspecified atom stereocenters. The molecule has 1 heterocycles. The molecule has 0 saturated heterocycles. The van der Waals surface area contributed by atoms with Crippen LogP contribution < -0.4 is 5.32 Å². The van der Waals surface area contributed by atoms with Gasteiger partial charge in [-0.25, -0.2) is 4.68 Å². The van der Waals surface area contributed by atoms with E-state index in [0.717, 1.165) is 18.5 Å². The van der Waals surface area contributed by atoms with E-state index >= 15 is 0 Å². The molecule has 1 aliphatic carbocycles. The lowest BCUT2D eigenvalue weighted by Crippen LogP contribution is -2.32. The number of aromatic nitrogens is 3. The Morgan fingerprint density at radius 1 is 1.69 bits per heavy atom. The van der Waals surface area contributed by atoms with Crippen molar-refractivity contribution < 1.29 is 4.79 Å². The number of nitrogens with zero attached hydrogens (tertiary/aromatic N) is 4. The SMILES string of the molecule is CNCc1cn(CC(=O)N(C)C2CC2)nn1. The molecule has 0 radical (unpaired) electrons. The maximum atomic E-state index is 11.8. The first-order chi connectivity index (χ1) is 7.70. The van der Waals surface area contributed by atoms with Gasteiger partial charge in [0.05, 0.1) is 11.9 Å². The lowest BCUT2D eigenvalue weighted by atomic mass is 10.4. The van der Waals surface area contributed by atoms with Crippen LogP contribution in [-0.2, 0) is 17.9 Å². The van der Waals surface area contributed by atoms with E-state index in [1.54, 1.807) is 15.8 Å². The average Bonchev–Trinajstić information content (AvgIpc) is 3.02. The molecule has 2 rings (SSSR count). The van der Waals surface area contributed by atoms with Crippen molar-refractivity contribution in [2.75, 3.05) is 14.1 Å². The Hall–Kier alpha value is -1.43. The van der Waals surface area contributed by atoms with E-state index in [4.69, 9.17) is 0 Å². The highest BCUT2D eigenvalue weighted by Crippen LogP contribution is 2.25. The molecule has 0 aliphatic heterocycles. The second-order valence-electron chi connectivity index (χ2n) is 4.17. The lowest BCUT2D eigenvalue weighted by molar-refractivity contribution is -0.131. The summed E-state index contributed by atoms with van der Waals surface area (Å²) in [5.41, 5.74) is 0.851. The van der Waals surface area contributed by atoms with E-state index in [2.05, 4.69) is 15.6 Å². The Morgan fingerprint density at radius 2 is 2.44 bits per heavy atom. The Labute approximate surface area is 94.6 Å². The third-order valence-electron chi connectivity index (χ3n) is 2.73. The third kappa shape index (κ3) is 2.57. The number of hydrogen-bond donors (Lipinski definition) is 1.